The predicted octanol–water partition coefficient (Wildman–Crippen LogP) is 5.26. The number of hydrogen-bond donors (Lipinski definition) is 4. The van der Waals surface area contributed by atoms with Crippen molar-refractivity contribution in [3.8, 4) is 23.7 Å². The Balaban J connectivity index is 1.50. The third kappa shape index (κ3) is 7.14. The van der Waals surface area contributed by atoms with Crippen LogP contribution in [0.2, 0.25) is 5.02 Å². The van der Waals surface area contributed by atoms with Crippen molar-refractivity contribution in [2.45, 2.75) is 46.1 Å². The Morgan fingerprint density at radius 1 is 1.15 bits per heavy atom. The number of carbonyl (C=O) groups excluding carboxylic acids is 1. The minimum atomic E-state index is -0.784. The number of carbonyl (C=O) groups is 1. The molecule has 0 unspecified atom stereocenters. The highest BCUT2D eigenvalue weighted by Crippen LogP contribution is 2.40. The second-order valence-corrected chi connectivity index (χ2v) is 11.0. The summed E-state index contributed by atoms with van der Waals surface area (Å²) < 4.78 is 5.56. The van der Waals surface area contributed by atoms with E-state index in [1.165, 1.54) is 11.3 Å². The van der Waals surface area contributed by atoms with Crippen molar-refractivity contribution < 1.29 is 9.21 Å². The summed E-state index contributed by atoms with van der Waals surface area (Å²) in [5, 5.41) is 21.7. The average molecular weight is 587 g/mol. The van der Waals surface area contributed by atoms with Crippen LogP contribution in [0.25, 0.3) is 0 Å². The van der Waals surface area contributed by atoms with E-state index in [4.69, 9.17) is 37.6 Å². The molecule has 1 aromatic carbocycles. The van der Waals surface area contributed by atoms with Gasteiger partial charge >= 0.3 is 0 Å². The number of amides is 1. The van der Waals surface area contributed by atoms with Crippen molar-refractivity contribution in [1.82, 2.24) is 5.32 Å². The van der Waals surface area contributed by atoms with Gasteiger partial charge in [-0.05, 0) is 62.4 Å². The highest BCUT2D eigenvalue weighted by Gasteiger charge is 2.34. The topological polar surface area (TPSA) is 132 Å². The molecule has 3 aromatic rings. The maximum absolute atomic E-state index is 13.0. The lowest BCUT2D eigenvalue weighted by Crippen LogP contribution is -2.42. The lowest BCUT2D eigenvalue weighted by Gasteiger charge is -2.24. The lowest BCUT2D eigenvalue weighted by atomic mass is 9.99. The standard InChI is InChI=1S/C31H31ClN6O2S/c1-19-20(2)41-31-28(19)29(22-10-12-23(32)13-11-22)37-26(30(35)38(31)21(3)34)18-27(39)36-17-7-5-9-25-15-14-24(40-25)8-4-6-16-33/h10-15,26,34-35H,6-7,16-18,33H2,1-3H3,(H,36,39)/t26-/m0/s1. The van der Waals surface area contributed by atoms with E-state index < -0.39 is 6.04 Å². The van der Waals surface area contributed by atoms with E-state index in [0.29, 0.717) is 48.2 Å². The quantitative estimate of drug-likeness (QED) is 0.136. The molecular weight excluding hydrogens is 556 g/mol. The normalized spacial score (nSPS) is 14.2. The molecule has 8 nitrogen and oxygen atoms in total. The van der Waals surface area contributed by atoms with Gasteiger partial charge in [0.1, 0.15) is 22.7 Å². The summed E-state index contributed by atoms with van der Waals surface area (Å²) >= 11 is 7.67. The van der Waals surface area contributed by atoms with Crippen LogP contribution in [-0.4, -0.2) is 42.4 Å². The molecule has 1 aliphatic heterocycles. The largest absolute Gasteiger partial charge is 0.439 e. The number of nitrogens with zero attached hydrogens (tertiary/aromatic N) is 2. The molecular formula is C31H31ClN6O2S. The number of nitrogens with two attached hydrogens (primary N) is 1. The predicted molar refractivity (Wildman–Crippen MR) is 167 cm³/mol. The monoisotopic (exact) mass is 586 g/mol. The molecule has 0 spiro atoms. The molecule has 1 amide bonds. The second kappa shape index (κ2) is 13.5. The molecule has 0 fully saturated rings. The molecule has 41 heavy (non-hydrogen) atoms. The SMILES string of the molecule is CC(=N)N1C(=N)[C@H](CC(=O)NCCC#Cc2ccc(C#CCCN)o2)N=C(c2ccc(Cl)cc2)c2c1sc(C)c2C. The van der Waals surface area contributed by atoms with Gasteiger partial charge in [-0.3, -0.25) is 25.5 Å². The van der Waals surface area contributed by atoms with Crippen LogP contribution >= 0.6 is 22.9 Å². The third-order valence-corrected chi connectivity index (χ3v) is 7.79. The van der Waals surface area contributed by atoms with Crippen molar-refractivity contribution in [2.24, 2.45) is 10.7 Å². The molecule has 0 radical (unpaired) electrons. The van der Waals surface area contributed by atoms with E-state index in [9.17, 15) is 4.79 Å². The van der Waals surface area contributed by atoms with Gasteiger partial charge in [0.25, 0.3) is 0 Å². The Hall–Kier alpha value is -4.15. The summed E-state index contributed by atoms with van der Waals surface area (Å²) in [6, 6.07) is 10.1. The number of fused-ring (bicyclic) bond motifs is 1. The average Bonchev–Trinajstić information content (AvgIpc) is 3.47. The van der Waals surface area contributed by atoms with Crippen LogP contribution in [0.3, 0.4) is 0 Å². The molecule has 3 heterocycles. The van der Waals surface area contributed by atoms with Gasteiger partial charge in [0.15, 0.2) is 11.5 Å². The van der Waals surface area contributed by atoms with Gasteiger partial charge in [0, 0.05) is 47.0 Å². The van der Waals surface area contributed by atoms with Gasteiger partial charge in [-0.2, -0.15) is 0 Å². The summed E-state index contributed by atoms with van der Waals surface area (Å²) in [6.45, 7) is 6.51. The summed E-state index contributed by atoms with van der Waals surface area (Å²) in [5.74, 6) is 12.8. The summed E-state index contributed by atoms with van der Waals surface area (Å²) in [5.41, 5.74) is 8.86. The number of thiophene rings is 1. The Bertz CT molecular complexity index is 1630. The van der Waals surface area contributed by atoms with Crippen molar-refractivity contribution in [1.29, 1.82) is 10.8 Å². The Labute approximate surface area is 249 Å². The van der Waals surface area contributed by atoms with Gasteiger partial charge in [0.05, 0.1) is 12.1 Å². The first-order valence-corrected chi connectivity index (χ1v) is 14.3. The van der Waals surface area contributed by atoms with Gasteiger partial charge in [-0.1, -0.05) is 35.6 Å². The number of nitrogens with one attached hydrogen (secondary N) is 3. The molecule has 210 valence electrons. The number of anilines is 1. The summed E-state index contributed by atoms with van der Waals surface area (Å²) in [7, 11) is 0. The number of benzene rings is 1. The molecule has 5 N–H and O–H groups in total. The zero-order chi connectivity index (χ0) is 29.5. The van der Waals surface area contributed by atoms with Crippen molar-refractivity contribution in [3.05, 3.63) is 74.5 Å². The fraction of sp³-hybridized carbons (Fsp3) is 0.290. The number of amidine groups is 2. The maximum atomic E-state index is 13.0. The lowest BCUT2D eigenvalue weighted by molar-refractivity contribution is -0.121. The smallest absolute Gasteiger partial charge is 0.222 e. The molecule has 10 heteroatoms. The molecule has 2 aromatic heterocycles. The van der Waals surface area contributed by atoms with Crippen molar-refractivity contribution in [3.63, 3.8) is 0 Å². The minimum Gasteiger partial charge on any atom is -0.439 e. The number of rotatable bonds is 6. The van der Waals surface area contributed by atoms with Crippen LogP contribution in [0, 0.1) is 48.3 Å². The van der Waals surface area contributed by atoms with Crippen molar-refractivity contribution in [2.75, 3.05) is 18.0 Å². The summed E-state index contributed by atoms with van der Waals surface area (Å²) in [6.07, 6.45) is 0.981. The number of aryl methyl sites for hydroxylation is 1. The van der Waals surface area contributed by atoms with Crippen LogP contribution in [-0.2, 0) is 4.79 Å². The van der Waals surface area contributed by atoms with Gasteiger partial charge < -0.3 is 15.5 Å². The van der Waals surface area contributed by atoms with E-state index >= 15 is 0 Å². The van der Waals surface area contributed by atoms with Crippen molar-refractivity contribution >= 4 is 51.2 Å². The Kier molecular flexibility index (Phi) is 9.80. The molecule has 0 bridgehead atoms. The highest BCUT2D eigenvalue weighted by molar-refractivity contribution is 7.17. The number of halogens is 1. The molecule has 4 rings (SSSR count). The summed E-state index contributed by atoms with van der Waals surface area (Å²) in [4.78, 5) is 20.6. The van der Waals surface area contributed by atoms with E-state index in [-0.39, 0.29) is 24.0 Å². The van der Waals surface area contributed by atoms with Gasteiger partial charge in [-0.25, -0.2) is 0 Å². The van der Waals surface area contributed by atoms with Crippen LogP contribution in [0.4, 0.5) is 5.00 Å². The van der Waals surface area contributed by atoms with E-state index in [0.717, 1.165) is 26.6 Å². The van der Waals surface area contributed by atoms with E-state index in [2.05, 4.69) is 29.0 Å². The fourth-order valence-corrected chi connectivity index (χ4v) is 5.59. The van der Waals surface area contributed by atoms with Crippen LogP contribution in [0.1, 0.15) is 59.3 Å². The van der Waals surface area contributed by atoms with Crippen LogP contribution in [0.5, 0.6) is 0 Å². The fourth-order valence-electron chi connectivity index (χ4n) is 4.24. The van der Waals surface area contributed by atoms with Crippen LogP contribution in [0.15, 0.2) is 45.8 Å². The van der Waals surface area contributed by atoms with Gasteiger partial charge in [0.2, 0.25) is 5.91 Å². The molecule has 1 aliphatic rings. The molecule has 0 saturated heterocycles. The number of furan rings is 1. The number of hydrogen-bond acceptors (Lipinski definition) is 7. The Morgan fingerprint density at radius 3 is 2.44 bits per heavy atom. The zero-order valence-electron chi connectivity index (χ0n) is 23.2. The maximum Gasteiger partial charge on any atom is 0.222 e. The minimum absolute atomic E-state index is 0.0386. The Morgan fingerprint density at radius 2 is 1.80 bits per heavy atom. The second-order valence-electron chi connectivity index (χ2n) is 9.38. The van der Waals surface area contributed by atoms with Crippen LogP contribution < -0.4 is 16.0 Å². The first-order valence-electron chi connectivity index (χ1n) is 13.1. The first kappa shape index (κ1) is 29.8. The van der Waals surface area contributed by atoms with E-state index in [1.54, 1.807) is 36.1 Å². The zero-order valence-corrected chi connectivity index (χ0v) is 24.7. The molecule has 0 aliphatic carbocycles. The van der Waals surface area contributed by atoms with E-state index in [1.807, 2.05) is 26.0 Å². The third-order valence-electron chi connectivity index (χ3n) is 6.35. The molecule has 1 atom stereocenters. The van der Waals surface area contributed by atoms with Gasteiger partial charge in [-0.15, -0.1) is 11.3 Å². The number of aliphatic imine (C=N–C) groups is 1. The molecule has 0 saturated carbocycles. The highest BCUT2D eigenvalue weighted by atomic mass is 35.5. The first-order chi connectivity index (χ1) is 19.7.